The first-order valence-corrected chi connectivity index (χ1v) is 4.70. The molecular weight excluding hydrogens is 166 g/mol. The van der Waals surface area contributed by atoms with Crippen molar-refractivity contribution in [3.63, 3.8) is 0 Å². The maximum Gasteiger partial charge on any atom is 0.317 e. The van der Waals surface area contributed by atoms with Gasteiger partial charge in [-0.05, 0) is 26.7 Å². The second kappa shape index (κ2) is 4.61. The number of hydrogen-bond acceptors (Lipinski definition) is 2. The van der Waals surface area contributed by atoms with Gasteiger partial charge in [-0.2, -0.15) is 0 Å². The molecule has 0 rings (SSSR count). The molecule has 0 aromatic carbocycles. The van der Waals surface area contributed by atoms with E-state index in [1.54, 1.807) is 0 Å². The fraction of sp³-hybridized carbons (Fsp3) is 0.900. The quantitative estimate of drug-likeness (QED) is 0.730. The Morgan fingerprint density at radius 2 is 1.85 bits per heavy atom. The van der Waals surface area contributed by atoms with E-state index in [0.717, 1.165) is 6.54 Å². The van der Waals surface area contributed by atoms with Crippen LogP contribution in [0.15, 0.2) is 0 Å². The van der Waals surface area contributed by atoms with Gasteiger partial charge < -0.3 is 5.11 Å². The molecule has 1 N–H and O–H groups in total. The molecule has 0 aliphatic rings. The Hall–Kier alpha value is -0.570. The average molecular weight is 187 g/mol. The molecule has 0 radical (unpaired) electrons. The average Bonchev–Trinajstić information content (AvgIpc) is 1.81. The molecule has 0 amide bonds. The molecule has 0 aromatic rings. The van der Waals surface area contributed by atoms with Crippen LogP contribution in [0.2, 0.25) is 0 Å². The Morgan fingerprint density at radius 3 is 2.08 bits per heavy atom. The van der Waals surface area contributed by atoms with Crippen molar-refractivity contribution in [2.45, 2.75) is 40.2 Å². The first kappa shape index (κ1) is 12.4. The van der Waals surface area contributed by atoms with Crippen LogP contribution in [0.5, 0.6) is 0 Å². The van der Waals surface area contributed by atoms with Gasteiger partial charge in [0.05, 0.1) is 6.54 Å². The van der Waals surface area contributed by atoms with Crippen molar-refractivity contribution in [1.29, 1.82) is 0 Å². The van der Waals surface area contributed by atoms with E-state index in [2.05, 4.69) is 13.8 Å². The van der Waals surface area contributed by atoms with Gasteiger partial charge in [-0.15, -0.1) is 0 Å². The van der Waals surface area contributed by atoms with E-state index in [0.29, 0.717) is 5.92 Å². The Kier molecular flexibility index (Phi) is 4.40. The van der Waals surface area contributed by atoms with E-state index in [4.69, 9.17) is 5.11 Å². The van der Waals surface area contributed by atoms with Crippen molar-refractivity contribution in [3.8, 4) is 0 Å². The highest BCUT2D eigenvalue weighted by atomic mass is 16.4. The van der Waals surface area contributed by atoms with Crippen LogP contribution in [-0.4, -0.2) is 34.6 Å². The number of hydrogen-bond donors (Lipinski definition) is 1. The van der Waals surface area contributed by atoms with E-state index in [-0.39, 0.29) is 12.1 Å². The first-order valence-electron chi connectivity index (χ1n) is 4.70. The molecule has 3 nitrogen and oxygen atoms in total. The zero-order valence-corrected chi connectivity index (χ0v) is 9.29. The lowest BCUT2D eigenvalue weighted by Crippen LogP contribution is -2.46. The minimum atomic E-state index is -0.754. The zero-order chi connectivity index (χ0) is 10.6. The van der Waals surface area contributed by atoms with Crippen LogP contribution in [0.1, 0.15) is 34.6 Å². The van der Waals surface area contributed by atoms with Crippen LogP contribution in [0.3, 0.4) is 0 Å². The molecule has 0 saturated carbocycles. The van der Waals surface area contributed by atoms with Crippen molar-refractivity contribution >= 4 is 5.97 Å². The van der Waals surface area contributed by atoms with Crippen molar-refractivity contribution in [3.05, 3.63) is 0 Å². The molecule has 0 unspecified atom stereocenters. The van der Waals surface area contributed by atoms with Crippen molar-refractivity contribution < 1.29 is 9.90 Å². The minimum absolute atomic E-state index is 0.0668. The van der Waals surface area contributed by atoms with Crippen LogP contribution in [0.4, 0.5) is 0 Å². The fourth-order valence-corrected chi connectivity index (χ4v) is 1.18. The Balaban J connectivity index is 4.28. The Bertz CT molecular complexity index is 170. The normalized spacial score (nSPS) is 12.5. The van der Waals surface area contributed by atoms with Gasteiger partial charge in [0.15, 0.2) is 0 Å². The van der Waals surface area contributed by atoms with Gasteiger partial charge in [0.2, 0.25) is 0 Å². The second-order valence-electron chi connectivity index (χ2n) is 4.84. The molecule has 0 heterocycles. The number of nitrogens with zero attached hydrogens (tertiary/aromatic N) is 1. The Morgan fingerprint density at radius 1 is 1.38 bits per heavy atom. The molecule has 0 saturated heterocycles. The van der Waals surface area contributed by atoms with E-state index in [9.17, 15) is 4.79 Å². The minimum Gasteiger partial charge on any atom is -0.480 e. The third-order valence-corrected chi connectivity index (χ3v) is 1.86. The van der Waals surface area contributed by atoms with Crippen LogP contribution in [0.25, 0.3) is 0 Å². The maximum absolute atomic E-state index is 10.6. The van der Waals surface area contributed by atoms with Gasteiger partial charge in [0.25, 0.3) is 0 Å². The van der Waals surface area contributed by atoms with Crippen LogP contribution < -0.4 is 0 Å². The summed E-state index contributed by atoms with van der Waals surface area (Å²) in [5.41, 5.74) is -0.0668. The third kappa shape index (κ3) is 5.64. The predicted molar refractivity (Wildman–Crippen MR) is 53.8 cm³/mol. The molecule has 0 aliphatic heterocycles. The lowest BCUT2D eigenvalue weighted by molar-refractivity contribution is -0.139. The van der Waals surface area contributed by atoms with Crippen LogP contribution >= 0.6 is 0 Å². The molecule has 3 heteroatoms. The van der Waals surface area contributed by atoms with Crippen LogP contribution in [-0.2, 0) is 4.79 Å². The number of aliphatic carboxylic acids is 1. The fourth-order valence-electron chi connectivity index (χ4n) is 1.18. The highest BCUT2D eigenvalue weighted by molar-refractivity contribution is 5.69. The van der Waals surface area contributed by atoms with Gasteiger partial charge in [-0.1, -0.05) is 13.8 Å². The summed E-state index contributed by atoms with van der Waals surface area (Å²) in [4.78, 5) is 12.6. The number of rotatable bonds is 4. The second-order valence-corrected chi connectivity index (χ2v) is 4.84. The van der Waals surface area contributed by atoms with Gasteiger partial charge in [0, 0.05) is 12.1 Å². The van der Waals surface area contributed by atoms with E-state index in [1.165, 1.54) is 0 Å². The van der Waals surface area contributed by atoms with E-state index >= 15 is 0 Å². The van der Waals surface area contributed by atoms with Crippen molar-refractivity contribution in [2.24, 2.45) is 5.92 Å². The summed E-state index contributed by atoms with van der Waals surface area (Å²) in [5.74, 6) is -0.255. The molecular formula is C10H21NO2. The summed E-state index contributed by atoms with van der Waals surface area (Å²) in [6, 6.07) is 0. The molecule has 0 atom stereocenters. The lowest BCUT2D eigenvalue weighted by Gasteiger charge is -2.35. The molecule has 78 valence electrons. The van der Waals surface area contributed by atoms with Crippen LogP contribution in [0, 0.1) is 5.92 Å². The maximum atomic E-state index is 10.6. The molecule has 0 spiro atoms. The summed E-state index contributed by atoms with van der Waals surface area (Å²) in [7, 11) is 0. The first-order chi connectivity index (χ1) is 5.73. The molecule has 0 aliphatic carbocycles. The van der Waals surface area contributed by atoms with Gasteiger partial charge in [-0.25, -0.2) is 0 Å². The molecule has 13 heavy (non-hydrogen) atoms. The SMILES string of the molecule is CC(C)CN(CC(=O)O)C(C)(C)C. The summed E-state index contributed by atoms with van der Waals surface area (Å²) >= 11 is 0. The number of carboxylic acid groups (broad SMARTS) is 1. The van der Waals surface area contributed by atoms with Crippen molar-refractivity contribution in [2.75, 3.05) is 13.1 Å². The highest BCUT2D eigenvalue weighted by Gasteiger charge is 2.23. The molecule has 0 bridgehead atoms. The summed E-state index contributed by atoms with van der Waals surface area (Å²) in [5, 5.41) is 8.72. The largest absolute Gasteiger partial charge is 0.480 e. The number of carboxylic acids is 1. The summed E-state index contributed by atoms with van der Waals surface area (Å²) < 4.78 is 0. The summed E-state index contributed by atoms with van der Waals surface area (Å²) in [6.07, 6.45) is 0. The number of carbonyl (C=O) groups is 1. The van der Waals surface area contributed by atoms with E-state index < -0.39 is 5.97 Å². The standard InChI is InChI=1S/C10H21NO2/c1-8(2)6-11(7-9(12)13)10(3,4)5/h8H,6-7H2,1-5H3,(H,12,13). The predicted octanol–water partition coefficient (Wildman–Crippen LogP) is 1.83. The highest BCUT2D eigenvalue weighted by Crippen LogP contribution is 2.14. The van der Waals surface area contributed by atoms with Crippen molar-refractivity contribution in [1.82, 2.24) is 4.90 Å². The van der Waals surface area contributed by atoms with Gasteiger partial charge in [0.1, 0.15) is 0 Å². The lowest BCUT2D eigenvalue weighted by atomic mass is 10.0. The van der Waals surface area contributed by atoms with E-state index in [1.807, 2.05) is 25.7 Å². The Labute approximate surface area is 80.7 Å². The summed E-state index contributed by atoms with van der Waals surface area (Å²) in [6.45, 7) is 11.3. The zero-order valence-electron chi connectivity index (χ0n) is 9.29. The third-order valence-electron chi connectivity index (χ3n) is 1.86. The molecule has 0 aromatic heterocycles. The topological polar surface area (TPSA) is 40.5 Å². The van der Waals surface area contributed by atoms with Gasteiger partial charge >= 0.3 is 5.97 Å². The smallest absolute Gasteiger partial charge is 0.317 e. The molecule has 0 fully saturated rings. The van der Waals surface area contributed by atoms with Gasteiger partial charge in [-0.3, -0.25) is 9.69 Å². The monoisotopic (exact) mass is 187 g/mol.